The SMILES string of the molecule is Cc1cc(C#N)c2c3ccccc3n3c4cc(C(C)C)cc5cc[n+](C)c(c1c23)c54. The number of para-hydroxylation sites is 1. The molecule has 0 bridgehead atoms. The first kappa shape index (κ1) is 17.2. The lowest BCUT2D eigenvalue weighted by Crippen LogP contribution is -2.29. The molecule has 0 N–H and O–H groups in total. The Hall–Kier alpha value is -3.64. The van der Waals surface area contributed by atoms with E-state index in [-0.39, 0.29) is 0 Å². The predicted molar refractivity (Wildman–Crippen MR) is 123 cm³/mol. The summed E-state index contributed by atoms with van der Waals surface area (Å²) in [4.78, 5) is 0. The molecule has 144 valence electrons. The summed E-state index contributed by atoms with van der Waals surface area (Å²) in [6.07, 6.45) is 2.16. The van der Waals surface area contributed by atoms with Crippen LogP contribution in [0.1, 0.15) is 36.5 Å². The monoisotopic (exact) mass is 388 g/mol. The van der Waals surface area contributed by atoms with E-state index in [1.165, 1.54) is 32.8 Å². The summed E-state index contributed by atoms with van der Waals surface area (Å²) in [5, 5.41) is 16.0. The smallest absolute Gasteiger partial charge is 0.224 e. The Morgan fingerprint density at radius 1 is 0.967 bits per heavy atom. The molecular weight excluding hydrogens is 366 g/mol. The van der Waals surface area contributed by atoms with Crippen LogP contribution in [-0.4, -0.2) is 4.40 Å². The Balaban J connectivity index is 2.11. The molecule has 0 saturated heterocycles. The maximum Gasteiger partial charge on any atom is 0.224 e. The summed E-state index contributed by atoms with van der Waals surface area (Å²) in [5.74, 6) is 0.439. The summed E-state index contributed by atoms with van der Waals surface area (Å²) in [6.45, 7) is 6.62. The van der Waals surface area contributed by atoms with Crippen LogP contribution in [0.5, 0.6) is 0 Å². The molecule has 0 unspecified atom stereocenters. The van der Waals surface area contributed by atoms with Crippen LogP contribution >= 0.6 is 0 Å². The normalized spacial score (nSPS) is 12.3. The van der Waals surface area contributed by atoms with E-state index in [2.05, 4.69) is 97.6 Å². The van der Waals surface area contributed by atoms with E-state index in [1.54, 1.807) is 0 Å². The molecule has 3 nitrogen and oxygen atoms in total. The fourth-order valence-electron chi connectivity index (χ4n) is 5.25. The molecule has 0 spiro atoms. The fraction of sp³-hybridized carbons (Fsp3) is 0.185. The van der Waals surface area contributed by atoms with Crippen LogP contribution in [0.25, 0.3) is 49.0 Å². The first-order chi connectivity index (χ1) is 14.5. The van der Waals surface area contributed by atoms with E-state index in [0.29, 0.717) is 5.92 Å². The highest BCUT2D eigenvalue weighted by atomic mass is 15.0. The summed E-state index contributed by atoms with van der Waals surface area (Å²) < 4.78 is 4.63. The highest BCUT2D eigenvalue weighted by molar-refractivity contribution is 6.26. The number of aryl methyl sites for hydroxylation is 2. The van der Waals surface area contributed by atoms with Crippen molar-refractivity contribution < 1.29 is 4.57 Å². The van der Waals surface area contributed by atoms with Crippen LogP contribution in [0.4, 0.5) is 0 Å². The minimum atomic E-state index is 0.439. The van der Waals surface area contributed by atoms with Crippen molar-refractivity contribution in [3.8, 4) is 6.07 Å². The minimum absolute atomic E-state index is 0.439. The second kappa shape index (κ2) is 5.70. The Bertz CT molecular complexity index is 1690. The van der Waals surface area contributed by atoms with Gasteiger partial charge in [-0.25, -0.2) is 4.57 Å². The number of hydrogen-bond acceptors (Lipinski definition) is 1. The van der Waals surface area contributed by atoms with Crippen molar-refractivity contribution >= 4 is 49.0 Å². The van der Waals surface area contributed by atoms with Gasteiger partial charge in [-0.05, 0) is 47.6 Å². The average molecular weight is 388 g/mol. The molecule has 3 aromatic carbocycles. The summed E-state index contributed by atoms with van der Waals surface area (Å²) in [6, 6.07) is 19.9. The summed E-state index contributed by atoms with van der Waals surface area (Å²) in [7, 11) is 2.12. The van der Waals surface area contributed by atoms with Crippen LogP contribution in [0.3, 0.4) is 0 Å². The van der Waals surface area contributed by atoms with Gasteiger partial charge in [0.05, 0.1) is 39.0 Å². The molecule has 0 radical (unpaired) electrons. The molecule has 0 fully saturated rings. The van der Waals surface area contributed by atoms with E-state index in [9.17, 15) is 5.26 Å². The van der Waals surface area contributed by atoms with Crippen molar-refractivity contribution in [3.05, 3.63) is 71.4 Å². The molecule has 0 atom stereocenters. The van der Waals surface area contributed by atoms with Crippen LogP contribution in [0, 0.1) is 18.3 Å². The van der Waals surface area contributed by atoms with Crippen molar-refractivity contribution in [3.63, 3.8) is 0 Å². The van der Waals surface area contributed by atoms with Crippen molar-refractivity contribution in [2.75, 3.05) is 0 Å². The highest BCUT2D eigenvalue weighted by Crippen LogP contribution is 2.42. The van der Waals surface area contributed by atoms with Gasteiger partial charge in [-0.3, -0.25) is 0 Å². The first-order valence-electron chi connectivity index (χ1n) is 10.4. The van der Waals surface area contributed by atoms with Gasteiger partial charge in [0, 0.05) is 16.8 Å². The van der Waals surface area contributed by atoms with Crippen LogP contribution < -0.4 is 4.57 Å². The molecular formula is C27H22N3+. The summed E-state index contributed by atoms with van der Waals surface area (Å²) in [5.41, 5.74) is 8.00. The second-order valence-corrected chi connectivity index (χ2v) is 8.74. The van der Waals surface area contributed by atoms with Gasteiger partial charge < -0.3 is 4.40 Å². The maximum atomic E-state index is 9.97. The fourth-order valence-corrected chi connectivity index (χ4v) is 5.25. The zero-order valence-corrected chi connectivity index (χ0v) is 17.6. The number of nitrogens with zero attached hydrogens (tertiary/aromatic N) is 3. The zero-order valence-electron chi connectivity index (χ0n) is 17.6. The third kappa shape index (κ3) is 1.96. The average Bonchev–Trinajstić information content (AvgIpc) is 3.09. The molecule has 0 aliphatic rings. The lowest BCUT2D eigenvalue weighted by molar-refractivity contribution is -0.643. The van der Waals surface area contributed by atoms with Crippen LogP contribution in [0.15, 0.2) is 54.7 Å². The standard InChI is InChI=1S/C27H22N3/c1-15(2)18-12-17-9-10-29(4)26-23-16(3)11-19(14-28)24-20-7-5-6-8-21(20)30(27(23)24)22(13-18)25(17)26/h5-13,15H,1-4H3/q+1. The third-order valence-electron chi connectivity index (χ3n) is 6.64. The van der Waals surface area contributed by atoms with Gasteiger partial charge in [0.25, 0.3) is 0 Å². The van der Waals surface area contributed by atoms with Gasteiger partial charge in [-0.2, -0.15) is 5.26 Å². The molecule has 3 heteroatoms. The van der Waals surface area contributed by atoms with Gasteiger partial charge in [0.15, 0.2) is 6.20 Å². The number of pyridine rings is 2. The maximum absolute atomic E-state index is 9.97. The second-order valence-electron chi connectivity index (χ2n) is 8.74. The van der Waals surface area contributed by atoms with Gasteiger partial charge in [-0.1, -0.05) is 38.1 Å². The van der Waals surface area contributed by atoms with E-state index in [4.69, 9.17) is 0 Å². The topological polar surface area (TPSA) is 32.1 Å². The Labute approximate surface area is 174 Å². The zero-order chi connectivity index (χ0) is 20.7. The number of rotatable bonds is 1. The van der Waals surface area contributed by atoms with E-state index in [1.807, 2.05) is 0 Å². The molecule has 6 rings (SSSR count). The Morgan fingerprint density at radius 3 is 2.53 bits per heavy atom. The van der Waals surface area contributed by atoms with Gasteiger partial charge in [0.1, 0.15) is 7.05 Å². The third-order valence-corrected chi connectivity index (χ3v) is 6.64. The van der Waals surface area contributed by atoms with Crippen molar-refractivity contribution in [1.82, 2.24) is 4.40 Å². The van der Waals surface area contributed by atoms with Crippen molar-refractivity contribution in [2.24, 2.45) is 7.05 Å². The Kier molecular flexibility index (Phi) is 3.28. The van der Waals surface area contributed by atoms with Crippen molar-refractivity contribution in [1.29, 1.82) is 5.26 Å². The molecule has 3 aromatic heterocycles. The van der Waals surface area contributed by atoms with Gasteiger partial charge >= 0.3 is 0 Å². The number of aromatic nitrogens is 2. The van der Waals surface area contributed by atoms with Gasteiger partial charge in [0.2, 0.25) is 5.52 Å². The van der Waals surface area contributed by atoms with E-state index >= 15 is 0 Å². The quantitative estimate of drug-likeness (QED) is 0.190. The van der Waals surface area contributed by atoms with E-state index in [0.717, 1.165) is 32.9 Å². The Morgan fingerprint density at radius 2 is 1.77 bits per heavy atom. The number of fused-ring (bicyclic) bond motifs is 5. The van der Waals surface area contributed by atoms with Crippen LogP contribution in [0.2, 0.25) is 0 Å². The highest BCUT2D eigenvalue weighted by Gasteiger charge is 2.25. The van der Waals surface area contributed by atoms with Crippen molar-refractivity contribution in [2.45, 2.75) is 26.7 Å². The molecule has 30 heavy (non-hydrogen) atoms. The minimum Gasteiger partial charge on any atom is -0.307 e. The first-order valence-corrected chi connectivity index (χ1v) is 10.4. The summed E-state index contributed by atoms with van der Waals surface area (Å²) >= 11 is 0. The van der Waals surface area contributed by atoms with Gasteiger partial charge in [-0.15, -0.1) is 0 Å². The predicted octanol–water partition coefficient (Wildman–Crippen LogP) is 6.12. The molecule has 0 aliphatic carbocycles. The molecule has 6 aromatic rings. The number of hydrogen-bond donors (Lipinski definition) is 0. The molecule has 3 heterocycles. The lowest BCUT2D eigenvalue weighted by atomic mass is 9.94. The number of nitriles is 1. The van der Waals surface area contributed by atoms with E-state index < -0.39 is 0 Å². The van der Waals surface area contributed by atoms with Crippen LogP contribution in [-0.2, 0) is 7.05 Å². The number of benzene rings is 3. The largest absolute Gasteiger partial charge is 0.307 e. The molecule has 0 amide bonds. The molecule has 0 aliphatic heterocycles. The molecule has 0 saturated carbocycles. The lowest BCUT2D eigenvalue weighted by Gasteiger charge is -2.15.